The van der Waals surface area contributed by atoms with Crippen molar-refractivity contribution in [1.29, 1.82) is 0 Å². The highest BCUT2D eigenvalue weighted by atomic mass is 16.4. The van der Waals surface area contributed by atoms with Crippen LogP contribution in [0.1, 0.15) is 12.8 Å². The van der Waals surface area contributed by atoms with E-state index in [0.717, 1.165) is 0 Å². The number of pyridine rings is 2. The Hall–Kier alpha value is -2.76. The molecule has 0 radical (unpaired) electrons. The minimum atomic E-state index is -1.08. The SMILES string of the molecule is O=C(O)CCC(=O)O.c1cc(-c2ccncc2)ccn1. The van der Waals surface area contributed by atoms with E-state index in [1.807, 2.05) is 24.3 Å². The normalized spacial score (nSPS) is 9.20. The lowest BCUT2D eigenvalue weighted by molar-refractivity contribution is -0.143. The van der Waals surface area contributed by atoms with E-state index in [0.29, 0.717) is 0 Å². The number of carboxylic acids is 2. The second-order valence-electron chi connectivity index (χ2n) is 3.76. The van der Waals surface area contributed by atoms with Gasteiger partial charge in [-0.1, -0.05) is 0 Å². The van der Waals surface area contributed by atoms with Crippen LogP contribution < -0.4 is 0 Å². The van der Waals surface area contributed by atoms with Gasteiger partial charge in [-0.05, 0) is 35.4 Å². The molecule has 0 unspecified atom stereocenters. The minimum Gasteiger partial charge on any atom is -0.481 e. The van der Waals surface area contributed by atoms with Gasteiger partial charge in [-0.3, -0.25) is 19.6 Å². The molecule has 2 heterocycles. The molecule has 0 spiro atoms. The van der Waals surface area contributed by atoms with Gasteiger partial charge in [0.25, 0.3) is 0 Å². The van der Waals surface area contributed by atoms with Crippen LogP contribution in [0.15, 0.2) is 49.1 Å². The van der Waals surface area contributed by atoms with Gasteiger partial charge in [-0.2, -0.15) is 0 Å². The van der Waals surface area contributed by atoms with Crippen molar-refractivity contribution >= 4 is 11.9 Å². The van der Waals surface area contributed by atoms with Gasteiger partial charge in [0.2, 0.25) is 0 Å². The molecule has 0 amide bonds. The Morgan fingerprint density at radius 3 is 1.30 bits per heavy atom. The summed E-state index contributed by atoms with van der Waals surface area (Å²) in [6, 6.07) is 7.93. The Bertz CT molecular complexity index is 492. The smallest absolute Gasteiger partial charge is 0.303 e. The van der Waals surface area contributed by atoms with Crippen LogP contribution in [0.5, 0.6) is 0 Å². The van der Waals surface area contributed by atoms with Crippen LogP contribution >= 0.6 is 0 Å². The van der Waals surface area contributed by atoms with Crippen molar-refractivity contribution in [2.24, 2.45) is 0 Å². The number of hydrogen-bond donors (Lipinski definition) is 2. The Labute approximate surface area is 115 Å². The van der Waals surface area contributed by atoms with E-state index in [4.69, 9.17) is 10.2 Å². The van der Waals surface area contributed by atoms with Crippen molar-refractivity contribution in [3.63, 3.8) is 0 Å². The number of aliphatic carboxylic acids is 2. The fraction of sp³-hybridized carbons (Fsp3) is 0.143. The monoisotopic (exact) mass is 274 g/mol. The zero-order chi connectivity index (χ0) is 14.8. The van der Waals surface area contributed by atoms with E-state index < -0.39 is 11.9 Å². The van der Waals surface area contributed by atoms with Crippen LogP contribution in [-0.4, -0.2) is 32.1 Å². The topological polar surface area (TPSA) is 100 Å². The quantitative estimate of drug-likeness (QED) is 0.885. The van der Waals surface area contributed by atoms with E-state index in [1.165, 1.54) is 11.1 Å². The van der Waals surface area contributed by atoms with Crippen molar-refractivity contribution in [3.8, 4) is 11.1 Å². The van der Waals surface area contributed by atoms with E-state index >= 15 is 0 Å². The largest absolute Gasteiger partial charge is 0.481 e. The summed E-state index contributed by atoms with van der Waals surface area (Å²) in [7, 11) is 0. The molecule has 0 aliphatic rings. The highest BCUT2D eigenvalue weighted by molar-refractivity contribution is 5.75. The molecule has 6 nitrogen and oxygen atoms in total. The molecule has 0 atom stereocenters. The zero-order valence-electron chi connectivity index (χ0n) is 10.6. The van der Waals surface area contributed by atoms with Crippen molar-refractivity contribution in [1.82, 2.24) is 9.97 Å². The van der Waals surface area contributed by atoms with Gasteiger partial charge in [0.05, 0.1) is 12.8 Å². The summed E-state index contributed by atoms with van der Waals surface area (Å²) >= 11 is 0. The molecule has 0 fully saturated rings. The molecule has 0 saturated carbocycles. The molecular weight excluding hydrogens is 260 g/mol. The van der Waals surface area contributed by atoms with Crippen LogP contribution in [0.4, 0.5) is 0 Å². The number of rotatable bonds is 4. The average molecular weight is 274 g/mol. The molecule has 0 aliphatic heterocycles. The highest BCUT2D eigenvalue weighted by Gasteiger charge is 2.00. The number of hydrogen-bond acceptors (Lipinski definition) is 4. The van der Waals surface area contributed by atoms with Crippen LogP contribution in [0.3, 0.4) is 0 Å². The lowest BCUT2D eigenvalue weighted by Gasteiger charge is -1.97. The highest BCUT2D eigenvalue weighted by Crippen LogP contribution is 2.15. The molecule has 2 rings (SSSR count). The zero-order valence-corrected chi connectivity index (χ0v) is 10.6. The first-order chi connectivity index (χ1) is 9.59. The lowest BCUT2D eigenvalue weighted by atomic mass is 10.1. The van der Waals surface area contributed by atoms with E-state index in [9.17, 15) is 9.59 Å². The van der Waals surface area contributed by atoms with Gasteiger partial charge in [-0.25, -0.2) is 0 Å². The Morgan fingerprint density at radius 2 is 1.05 bits per heavy atom. The minimum absolute atomic E-state index is 0.296. The van der Waals surface area contributed by atoms with Crippen molar-refractivity contribution in [3.05, 3.63) is 49.1 Å². The summed E-state index contributed by atoms with van der Waals surface area (Å²) in [5.74, 6) is -2.15. The fourth-order valence-electron chi connectivity index (χ4n) is 1.30. The molecule has 2 aromatic heterocycles. The Kier molecular flexibility index (Phi) is 6.40. The average Bonchev–Trinajstić information content (AvgIpc) is 2.48. The lowest BCUT2D eigenvalue weighted by Crippen LogP contribution is -2.00. The summed E-state index contributed by atoms with van der Waals surface area (Å²) in [6.45, 7) is 0. The summed E-state index contributed by atoms with van der Waals surface area (Å²) in [5.41, 5.74) is 2.35. The summed E-state index contributed by atoms with van der Waals surface area (Å²) in [5, 5.41) is 15.8. The first kappa shape index (κ1) is 15.3. The molecule has 0 saturated heterocycles. The van der Waals surface area contributed by atoms with Crippen molar-refractivity contribution in [2.45, 2.75) is 12.8 Å². The standard InChI is InChI=1S/C10H8N2.C4H6O4/c1-5-11-6-2-9(1)10-3-7-12-8-4-10;5-3(6)1-2-4(7)8/h1-8H;1-2H2,(H,5,6)(H,7,8). The van der Waals surface area contributed by atoms with Gasteiger partial charge >= 0.3 is 11.9 Å². The maximum absolute atomic E-state index is 9.64. The van der Waals surface area contributed by atoms with Crippen molar-refractivity contribution in [2.75, 3.05) is 0 Å². The van der Waals surface area contributed by atoms with Crippen LogP contribution in [0, 0.1) is 0 Å². The first-order valence-electron chi connectivity index (χ1n) is 5.83. The second kappa shape index (κ2) is 8.36. The third-order valence-electron chi connectivity index (χ3n) is 2.25. The third-order valence-corrected chi connectivity index (χ3v) is 2.25. The van der Waals surface area contributed by atoms with Gasteiger partial charge in [-0.15, -0.1) is 0 Å². The molecular formula is C14H14N2O4. The number of carboxylic acid groups (broad SMARTS) is 2. The number of carbonyl (C=O) groups is 2. The van der Waals surface area contributed by atoms with Crippen molar-refractivity contribution < 1.29 is 19.8 Å². The molecule has 0 aromatic carbocycles. The predicted octanol–water partition coefficient (Wildman–Crippen LogP) is 2.08. The van der Waals surface area contributed by atoms with Crippen LogP contribution in [-0.2, 0) is 9.59 Å². The number of nitrogens with zero attached hydrogens (tertiary/aromatic N) is 2. The van der Waals surface area contributed by atoms with Gasteiger partial charge in [0, 0.05) is 24.8 Å². The third kappa shape index (κ3) is 6.25. The van der Waals surface area contributed by atoms with Gasteiger partial charge in [0.15, 0.2) is 0 Å². The molecule has 104 valence electrons. The molecule has 6 heteroatoms. The molecule has 20 heavy (non-hydrogen) atoms. The summed E-state index contributed by atoms with van der Waals surface area (Å²) in [4.78, 5) is 27.2. The number of aromatic nitrogens is 2. The Morgan fingerprint density at radius 1 is 0.750 bits per heavy atom. The van der Waals surface area contributed by atoms with E-state index in [-0.39, 0.29) is 12.8 Å². The Balaban J connectivity index is 0.000000221. The second-order valence-corrected chi connectivity index (χ2v) is 3.76. The van der Waals surface area contributed by atoms with E-state index in [2.05, 4.69) is 9.97 Å². The van der Waals surface area contributed by atoms with Gasteiger partial charge < -0.3 is 10.2 Å². The van der Waals surface area contributed by atoms with Crippen LogP contribution in [0.25, 0.3) is 11.1 Å². The molecule has 0 bridgehead atoms. The summed E-state index contributed by atoms with van der Waals surface area (Å²) < 4.78 is 0. The van der Waals surface area contributed by atoms with Gasteiger partial charge in [0.1, 0.15) is 0 Å². The van der Waals surface area contributed by atoms with E-state index in [1.54, 1.807) is 24.8 Å². The first-order valence-corrected chi connectivity index (χ1v) is 5.83. The summed E-state index contributed by atoms with van der Waals surface area (Å²) in [6.07, 6.45) is 6.56. The fourth-order valence-corrected chi connectivity index (χ4v) is 1.30. The maximum Gasteiger partial charge on any atom is 0.303 e. The molecule has 2 N–H and O–H groups in total. The molecule has 0 aliphatic carbocycles. The van der Waals surface area contributed by atoms with Crippen LogP contribution in [0.2, 0.25) is 0 Å². The molecule has 2 aromatic rings. The maximum atomic E-state index is 9.64. The predicted molar refractivity (Wildman–Crippen MR) is 72.0 cm³/mol.